The van der Waals surface area contributed by atoms with Crippen molar-refractivity contribution in [1.29, 1.82) is 0 Å². The van der Waals surface area contributed by atoms with Crippen LogP contribution in [0.25, 0.3) is 16.6 Å². The van der Waals surface area contributed by atoms with Gasteiger partial charge in [0.05, 0.1) is 23.8 Å². The number of hydrogen-bond donors (Lipinski definition) is 0. The molecule has 1 aromatic heterocycles. The number of alkyl halides is 3. The summed E-state index contributed by atoms with van der Waals surface area (Å²) >= 11 is 0. The molecule has 0 spiro atoms. The third-order valence-corrected chi connectivity index (χ3v) is 4.10. The van der Waals surface area contributed by atoms with Crippen molar-refractivity contribution in [3.8, 4) is 5.69 Å². The third-order valence-electron chi connectivity index (χ3n) is 4.10. The first-order valence-corrected chi connectivity index (χ1v) is 7.65. The second kappa shape index (κ2) is 6.33. The zero-order chi connectivity index (χ0) is 19.1. The van der Waals surface area contributed by atoms with Gasteiger partial charge in [0.25, 0.3) is 5.56 Å². The molecule has 3 aromatic rings. The molecule has 0 saturated carbocycles. The number of pyridine rings is 1. The van der Waals surface area contributed by atoms with E-state index in [-0.39, 0.29) is 5.56 Å². The van der Waals surface area contributed by atoms with Gasteiger partial charge in [0, 0.05) is 17.1 Å². The van der Waals surface area contributed by atoms with Crippen molar-refractivity contribution >= 4 is 16.9 Å². The maximum Gasteiger partial charge on any atom is 0.416 e. The number of halogens is 3. The normalized spacial score (nSPS) is 11.6. The number of hydrogen-bond acceptors (Lipinski definition) is 3. The van der Waals surface area contributed by atoms with E-state index < -0.39 is 17.7 Å². The Kier molecular flexibility index (Phi) is 4.31. The van der Waals surface area contributed by atoms with Gasteiger partial charge in [-0.05, 0) is 55.0 Å². The molecule has 0 radical (unpaired) electrons. The lowest BCUT2D eigenvalue weighted by Gasteiger charge is -2.14. The van der Waals surface area contributed by atoms with E-state index in [0.717, 1.165) is 12.1 Å². The first-order valence-electron chi connectivity index (χ1n) is 7.65. The van der Waals surface area contributed by atoms with Gasteiger partial charge in [0.15, 0.2) is 0 Å². The minimum atomic E-state index is -4.45. The SMILES string of the molecule is COC(=O)c1ccc2c(c1)c(C)cc(=O)n2-c1ccc(C(F)(F)F)cc1. The molecule has 7 heteroatoms. The maximum absolute atomic E-state index is 12.7. The van der Waals surface area contributed by atoms with E-state index in [1.54, 1.807) is 19.1 Å². The van der Waals surface area contributed by atoms with E-state index >= 15 is 0 Å². The van der Waals surface area contributed by atoms with Gasteiger partial charge in [-0.15, -0.1) is 0 Å². The van der Waals surface area contributed by atoms with Crippen molar-refractivity contribution < 1.29 is 22.7 Å². The highest BCUT2D eigenvalue weighted by Gasteiger charge is 2.30. The number of carbonyl (C=O) groups is 1. The Balaban J connectivity index is 2.23. The number of carbonyl (C=O) groups excluding carboxylic acids is 1. The second-order valence-corrected chi connectivity index (χ2v) is 5.77. The van der Waals surface area contributed by atoms with Gasteiger partial charge in [-0.25, -0.2) is 4.79 Å². The molecule has 0 aliphatic heterocycles. The molecule has 26 heavy (non-hydrogen) atoms. The van der Waals surface area contributed by atoms with E-state index in [1.807, 2.05) is 0 Å². The zero-order valence-electron chi connectivity index (χ0n) is 13.9. The number of fused-ring (bicyclic) bond motifs is 1. The summed E-state index contributed by atoms with van der Waals surface area (Å²) in [6, 6.07) is 10.4. The number of aromatic nitrogens is 1. The first kappa shape index (κ1) is 17.7. The highest BCUT2D eigenvalue weighted by Crippen LogP contribution is 2.30. The number of nitrogens with zero attached hydrogens (tertiary/aromatic N) is 1. The summed E-state index contributed by atoms with van der Waals surface area (Å²) in [7, 11) is 1.27. The van der Waals surface area contributed by atoms with E-state index in [4.69, 9.17) is 4.74 Å². The number of aryl methyl sites for hydroxylation is 1. The van der Waals surface area contributed by atoms with Gasteiger partial charge < -0.3 is 4.74 Å². The predicted molar refractivity (Wildman–Crippen MR) is 90.6 cm³/mol. The van der Waals surface area contributed by atoms with Crippen LogP contribution in [0.5, 0.6) is 0 Å². The lowest BCUT2D eigenvalue weighted by Crippen LogP contribution is -2.19. The molecule has 134 valence electrons. The van der Waals surface area contributed by atoms with Crippen molar-refractivity contribution in [3.05, 3.63) is 75.6 Å². The molecule has 1 heterocycles. The number of benzene rings is 2. The van der Waals surface area contributed by atoms with E-state index in [2.05, 4.69) is 0 Å². The standard InChI is InChI=1S/C19H14F3NO3/c1-11-9-17(24)23(14-6-4-13(5-7-14)19(20,21)22)16-8-3-12(10-15(11)16)18(25)26-2/h3-10H,1-2H3. The number of esters is 1. The largest absolute Gasteiger partial charge is 0.465 e. The van der Waals surface area contributed by atoms with Gasteiger partial charge in [-0.3, -0.25) is 9.36 Å². The molecule has 0 bridgehead atoms. The fraction of sp³-hybridized carbons (Fsp3) is 0.158. The lowest BCUT2D eigenvalue weighted by molar-refractivity contribution is -0.137. The van der Waals surface area contributed by atoms with E-state index in [1.165, 1.54) is 35.9 Å². The van der Waals surface area contributed by atoms with Crippen LogP contribution in [0, 0.1) is 6.92 Å². The van der Waals surface area contributed by atoms with Crippen LogP contribution in [-0.4, -0.2) is 17.6 Å². The molecule has 3 rings (SSSR count). The second-order valence-electron chi connectivity index (χ2n) is 5.77. The monoisotopic (exact) mass is 361 g/mol. The Bertz CT molecular complexity index is 1050. The summed E-state index contributed by atoms with van der Waals surface area (Å²) < 4.78 is 44.2. The van der Waals surface area contributed by atoms with Crippen LogP contribution in [-0.2, 0) is 10.9 Å². The van der Waals surface area contributed by atoms with Crippen LogP contribution >= 0.6 is 0 Å². The third kappa shape index (κ3) is 3.08. The summed E-state index contributed by atoms with van der Waals surface area (Å²) in [6.45, 7) is 1.72. The van der Waals surface area contributed by atoms with Crippen LogP contribution in [0.2, 0.25) is 0 Å². The fourth-order valence-electron chi connectivity index (χ4n) is 2.80. The summed E-state index contributed by atoms with van der Waals surface area (Å²) in [5.41, 5.74) is 0.597. The predicted octanol–water partition coefficient (Wildman–Crippen LogP) is 4.10. The summed E-state index contributed by atoms with van der Waals surface area (Å²) in [5.74, 6) is -0.515. The molecular formula is C19H14F3NO3. The van der Waals surface area contributed by atoms with Crippen LogP contribution < -0.4 is 5.56 Å². The Labute approximate surface area is 146 Å². The average molecular weight is 361 g/mol. The van der Waals surface area contributed by atoms with Crippen molar-refractivity contribution in [2.24, 2.45) is 0 Å². The molecule has 0 amide bonds. The van der Waals surface area contributed by atoms with Crippen molar-refractivity contribution in [1.82, 2.24) is 4.57 Å². The van der Waals surface area contributed by atoms with Crippen LogP contribution in [0.4, 0.5) is 13.2 Å². The van der Waals surface area contributed by atoms with Gasteiger partial charge in [-0.1, -0.05) is 0 Å². The average Bonchev–Trinajstić information content (AvgIpc) is 2.60. The van der Waals surface area contributed by atoms with Crippen molar-refractivity contribution in [3.63, 3.8) is 0 Å². The van der Waals surface area contributed by atoms with Crippen molar-refractivity contribution in [2.75, 3.05) is 7.11 Å². The van der Waals surface area contributed by atoms with Crippen LogP contribution in [0.3, 0.4) is 0 Å². The Morgan fingerprint density at radius 1 is 1.04 bits per heavy atom. The Morgan fingerprint density at radius 2 is 1.69 bits per heavy atom. The number of ether oxygens (including phenoxy) is 1. The molecule has 4 nitrogen and oxygen atoms in total. The molecule has 0 saturated heterocycles. The zero-order valence-corrected chi connectivity index (χ0v) is 13.9. The number of methoxy groups -OCH3 is 1. The van der Waals surface area contributed by atoms with Gasteiger partial charge in [0.1, 0.15) is 0 Å². The highest BCUT2D eigenvalue weighted by atomic mass is 19.4. The van der Waals surface area contributed by atoms with Crippen molar-refractivity contribution in [2.45, 2.75) is 13.1 Å². The molecule has 0 aliphatic rings. The maximum atomic E-state index is 12.7. The minimum Gasteiger partial charge on any atom is -0.465 e. The van der Waals surface area contributed by atoms with E-state index in [0.29, 0.717) is 27.7 Å². The van der Waals surface area contributed by atoms with E-state index in [9.17, 15) is 22.8 Å². The molecule has 0 fully saturated rings. The molecule has 0 aliphatic carbocycles. The molecule has 2 aromatic carbocycles. The molecule has 0 N–H and O–H groups in total. The minimum absolute atomic E-state index is 0.304. The van der Waals surface area contributed by atoms with Gasteiger partial charge in [0.2, 0.25) is 0 Å². The quantitative estimate of drug-likeness (QED) is 0.646. The van der Waals surface area contributed by atoms with Crippen LogP contribution in [0.15, 0.2) is 53.3 Å². The molecule has 0 unspecified atom stereocenters. The fourth-order valence-corrected chi connectivity index (χ4v) is 2.80. The number of rotatable bonds is 2. The summed E-state index contributed by atoms with van der Waals surface area (Å²) in [5, 5.41) is 0.632. The first-order chi connectivity index (χ1) is 12.2. The lowest BCUT2D eigenvalue weighted by atomic mass is 10.1. The Hall–Kier alpha value is -3.09. The molecular weight excluding hydrogens is 347 g/mol. The van der Waals surface area contributed by atoms with Crippen LogP contribution in [0.1, 0.15) is 21.5 Å². The summed E-state index contributed by atoms with van der Waals surface area (Å²) in [4.78, 5) is 24.2. The summed E-state index contributed by atoms with van der Waals surface area (Å²) in [6.07, 6.45) is -4.45. The molecule has 0 atom stereocenters. The Morgan fingerprint density at radius 3 is 2.27 bits per heavy atom. The highest BCUT2D eigenvalue weighted by molar-refractivity contribution is 5.95. The topological polar surface area (TPSA) is 48.3 Å². The van der Waals surface area contributed by atoms with Gasteiger partial charge in [-0.2, -0.15) is 13.2 Å². The van der Waals surface area contributed by atoms with Gasteiger partial charge >= 0.3 is 12.1 Å². The smallest absolute Gasteiger partial charge is 0.416 e.